The molecular weight excluding hydrogens is 348 g/mol. The Morgan fingerprint density at radius 3 is 2.24 bits per heavy atom. The maximum absolute atomic E-state index is 12.1. The second-order valence-electron chi connectivity index (χ2n) is 5.32. The molecule has 2 amide bonds. The van der Waals surface area contributed by atoms with Crippen molar-refractivity contribution in [1.82, 2.24) is 26.7 Å². The summed E-state index contributed by atoms with van der Waals surface area (Å²) >= 11 is 5.67. The van der Waals surface area contributed by atoms with E-state index in [0.29, 0.717) is 24.5 Å². The minimum atomic E-state index is -0.766. The average molecular weight is 377 g/mol. The third-order valence-electron chi connectivity index (χ3n) is 3.16. The first kappa shape index (κ1) is 23.2. The van der Waals surface area contributed by atoms with Crippen LogP contribution in [0, 0.1) is 0 Å². The molecular formula is C15H29ClN6O3. The molecule has 3 unspecified atom stereocenters. The molecule has 0 radical (unpaired) electrons. The van der Waals surface area contributed by atoms with Crippen LogP contribution in [0.3, 0.4) is 0 Å². The molecule has 0 fully saturated rings. The number of hydrogen-bond donors (Lipinski definition) is 6. The molecule has 0 aliphatic heterocycles. The Balaban J connectivity index is 4.06. The number of nitrogens with one attached hydrogen (secondary N) is 5. The average Bonchev–Trinajstić information content (AvgIpc) is 2.55. The fourth-order valence-corrected chi connectivity index (χ4v) is 1.68. The van der Waals surface area contributed by atoms with Crippen LogP contribution in [0.2, 0.25) is 0 Å². The SMILES string of the molecule is C=C(NC(C)C(=O)NC(C)C(=C)NCCNC(=O)CONC)C(N)Cl. The summed E-state index contributed by atoms with van der Waals surface area (Å²) in [6, 6.07) is -0.850. The van der Waals surface area contributed by atoms with E-state index >= 15 is 0 Å². The Morgan fingerprint density at radius 1 is 1.08 bits per heavy atom. The Morgan fingerprint density at radius 2 is 1.68 bits per heavy atom. The molecule has 0 aromatic rings. The number of rotatable bonds is 13. The third-order valence-corrected chi connectivity index (χ3v) is 3.42. The Bertz CT molecular complexity index is 472. The fraction of sp³-hybridized carbons (Fsp3) is 0.600. The van der Waals surface area contributed by atoms with Crippen molar-refractivity contribution in [3.63, 3.8) is 0 Å². The maximum atomic E-state index is 12.1. The smallest absolute Gasteiger partial charge is 0.248 e. The van der Waals surface area contributed by atoms with Gasteiger partial charge in [-0.1, -0.05) is 24.8 Å². The van der Waals surface area contributed by atoms with Gasteiger partial charge in [-0.05, 0) is 13.8 Å². The molecule has 0 aromatic carbocycles. The van der Waals surface area contributed by atoms with Crippen molar-refractivity contribution in [2.45, 2.75) is 31.4 Å². The van der Waals surface area contributed by atoms with Crippen LogP contribution in [0.25, 0.3) is 0 Å². The molecule has 0 saturated heterocycles. The zero-order valence-electron chi connectivity index (χ0n) is 14.9. The monoisotopic (exact) mass is 376 g/mol. The normalized spacial score (nSPS) is 14.0. The van der Waals surface area contributed by atoms with Crippen molar-refractivity contribution < 1.29 is 14.4 Å². The topological polar surface area (TPSA) is 130 Å². The maximum Gasteiger partial charge on any atom is 0.248 e. The van der Waals surface area contributed by atoms with Crippen LogP contribution in [0.5, 0.6) is 0 Å². The number of alkyl halides is 1. The zero-order valence-corrected chi connectivity index (χ0v) is 15.7. The van der Waals surface area contributed by atoms with Crippen molar-refractivity contribution in [3.8, 4) is 0 Å². The van der Waals surface area contributed by atoms with Crippen LogP contribution in [0.15, 0.2) is 24.6 Å². The number of hydrogen-bond acceptors (Lipinski definition) is 7. The van der Waals surface area contributed by atoms with Gasteiger partial charge in [0.25, 0.3) is 0 Å². The van der Waals surface area contributed by atoms with Gasteiger partial charge in [-0.2, -0.15) is 0 Å². The highest BCUT2D eigenvalue weighted by Crippen LogP contribution is 2.00. The molecule has 0 aliphatic carbocycles. The van der Waals surface area contributed by atoms with E-state index in [-0.39, 0.29) is 24.5 Å². The van der Waals surface area contributed by atoms with Crippen molar-refractivity contribution >= 4 is 23.4 Å². The predicted octanol–water partition coefficient (Wildman–Crippen LogP) is -1.12. The summed E-state index contributed by atoms with van der Waals surface area (Å²) < 4.78 is 0. The minimum absolute atomic E-state index is 0.0634. The van der Waals surface area contributed by atoms with Gasteiger partial charge in [-0.3, -0.25) is 14.4 Å². The Labute approximate surface area is 153 Å². The molecule has 9 nitrogen and oxygen atoms in total. The van der Waals surface area contributed by atoms with Crippen LogP contribution < -0.4 is 32.5 Å². The molecule has 0 saturated carbocycles. The van der Waals surface area contributed by atoms with E-state index in [1.54, 1.807) is 20.9 Å². The first-order valence-electron chi connectivity index (χ1n) is 7.82. The highest BCUT2D eigenvalue weighted by atomic mass is 35.5. The van der Waals surface area contributed by atoms with E-state index in [4.69, 9.17) is 22.2 Å². The van der Waals surface area contributed by atoms with Gasteiger partial charge in [-0.25, -0.2) is 5.48 Å². The molecule has 144 valence electrons. The predicted molar refractivity (Wildman–Crippen MR) is 98.3 cm³/mol. The molecule has 0 heterocycles. The summed E-state index contributed by atoms with van der Waals surface area (Å²) in [5, 5.41) is 11.3. The summed E-state index contributed by atoms with van der Waals surface area (Å²) in [6.45, 7) is 11.8. The van der Waals surface area contributed by atoms with Crippen LogP contribution in [-0.2, 0) is 14.4 Å². The van der Waals surface area contributed by atoms with Gasteiger partial charge in [0.05, 0.1) is 6.04 Å². The first-order chi connectivity index (χ1) is 11.7. The van der Waals surface area contributed by atoms with Gasteiger partial charge >= 0.3 is 0 Å². The van der Waals surface area contributed by atoms with Crippen molar-refractivity contribution in [2.24, 2.45) is 5.73 Å². The highest BCUT2D eigenvalue weighted by Gasteiger charge is 2.18. The van der Waals surface area contributed by atoms with Crippen LogP contribution in [0.1, 0.15) is 13.8 Å². The lowest BCUT2D eigenvalue weighted by molar-refractivity contribution is -0.127. The van der Waals surface area contributed by atoms with Crippen LogP contribution >= 0.6 is 11.6 Å². The number of carbonyl (C=O) groups is 2. The molecule has 0 bridgehead atoms. The second kappa shape index (κ2) is 12.5. The van der Waals surface area contributed by atoms with Crippen molar-refractivity contribution in [1.29, 1.82) is 0 Å². The number of nitrogens with two attached hydrogens (primary N) is 1. The van der Waals surface area contributed by atoms with Gasteiger partial charge in [0.15, 0.2) is 0 Å². The van der Waals surface area contributed by atoms with Gasteiger partial charge in [0.2, 0.25) is 11.8 Å². The number of amides is 2. The van der Waals surface area contributed by atoms with Gasteiger partial charge in [0.1, 0.15) is 18.1 Å². The lowest BCUT2D eigenvalue weighted by Gasteiger charge is -2.22. The quantitative estimate of drug-likeness (QED) is 0.104. The molecule has 0 aliphatic rings. The molecule has 0 aromatic heterocycles. The molecule has 0 spiro atoms. The lowest BCUT2D eigenvalue weighted by atomic mass is 10.2. The summed E-state index contributed by atoms with van der Waals surface area (Å²) in [5.74, 6) is -0.479. The highest BCUT2D eigenvalue weighted by molar-refractivity contribution is 6.21. The Hall–Kier alpha value is -1.81. The third kappa shape index (κ3) is 10.6. The van der Waals surface area contributed by atoms with Crippen molar-refractivity contribution in [2.75, 3.05) is 26.7 Å². The lowest BCUT2D eigenvalue weighted by Crippen LogP contribution is -2.48. The van der Waals surface area contributed by atoms with Gasteiger partial charge in [0, 0.05) is 31.5 Å². The van der Waals surface area contributed by atoms with Crippen LogP contribution in [-0.4, -0.2) is 56.1 Å². The van der Waals surface area contributed by atoms with Gasteiger partial charge < -0.3 is 27.0 Å². The molecule has 3 atom stereocenters. The van der Waals surface area contributed by atoms with E-state index in [9.17, 15) is 9.59 Å². The minimum Gasteiger partial charge on any atom is -0.385 e. The number of carbonyl (C=O) groups excluding carboxylic acids is 2. The summed E-state index contributed by atoms with van der Waals surface area (Å²) in [6.07, 6.45) is 0. The van der Waals surface area contributed by atoms with E-state index < -0.39 is 11.5 Å². The molecule has 25 heavy (non-hydrogen) atoms. The van der Waals surface area contributed by atoms with E-state index in [1.165, 1.54) is 0 Å². The van der Waals surface area contributed by atoms with Crippen LogP contribution in [0.4, 0.5) is 0 Å². The summed E-state index contributed by atoms with van der Waals surface area (Å²) in [4.78, 5) is 28.2. The molecule has 10 heteroatoms. The Kier molecular flexibility index (Phi) is 11.6. The van der Waals surface area contributed by atoms with Gasteiger partial charge in [-0.15, -0.1) is 0 Å². The molecule has 7 N–H and O–H groups in total. The fourth-order valence-electron chi connectivity index (χ4n) is 1.62. The van der Waals surface area contributed by atoms with E-state index in [1.807, 2.05) is 0 Å². The standard InChI is InChI=1S/C15H29ClN6O3/c1-9(19-6-7-20-13(23)8-25-18-5)10(2)22-15(24)12(4)21-11(3)14(16)17/h10,12,14,18-19,21H,1,3,6-8,17H2,2,4-5H3,(H,20,23)(H,22,24). The van der Waals surface area contributed by atoms with E-state index in [2.05, 4.69) is 39.9 Å². The molecule has 0 rings (SSSR count). The summed E-state index contributed by atoms with van der Waals surface area (Å²) in [7, 11) is 1.57. The largest absolute Gasteiger partial charge is 0.385 e. The second-order valence-corrected chi connectivity index (χ2v) is 5.79. The zero-order chi connectivity index (χ0) is 19.4. The summed E-state index contributed by atoms with van der Waals surface area (Å²) in [5.41, 5.74) is 8.09. The first-order valence-corrected chi connectivity index (χ1v) is 8.25. The number of hydroxylamine groups is 1. The van der Waals surface area contributed by atoms with E-state index in [0.717, 1.165) is 0 Å². The number of halogens is 1. The van der Waals surface area contributed by atoms with Crippen molar-refractivity contribution in [3.05, 3.63) is 24.6 Å².